The first-order valence-corrected chi connectivity index (χ1v) is 9.71. The van der Waals surface area contributed by atoms with Crippen LogP contribution >= 0.6 is 22.7 Å². The van der Waals surface area contributed by atoms with Crippen LogP contribution in [-0.2, 0) is 11.3 Å². The Morgan fingerprint density at radius 2 is 2.07 bits per heavy atom. The number of carbonyl (C=O) groups excluding carboxylic acids is 1. The molecule has 0 unspecified atom stereocenters. The lowest BCUT2D eigenvalue weighted by molar-refractivity contribution is 0.0457. The van der Waals surface area contributed by atoms with Crippen molar-refractivity contribution in [1.29, 1.82) is 0 Å². The molecule has 0 atom stereocenters. The van der Waals surface area contributed by atoms with Gasteiger partial charge in [-0.2, -0.15) is 0 Å². The van der Waals surface area contributed by atoms with Gasteiger partial charge in [0.1, 0.15) is 23.1 Å². The monoisotopic (exact) mass is 400 g/mol. The Kier molecular flexibility index (Phi) is 4.59. The molecule has 3 heterocycles. The third-order valence-corrected chi connectivity index (χ3v) is 5.84. The van der Waals surface area contributed by atoms with Crippen LogP contribution in [0.1, 0.15) is 21.1 Å². The predicted octanol–water partition coefficient (Wildman–Crippen LogP) is 4.52. The molecule has 0 aliphatic carbocycles. The maximum atomic E-state index is 13.6. The lowest BCUT2D eigenvalue weighted by Crippen LogP contribution is -2.14. The van der Waals surface area contributed by atoms with E-state index in [1.165, 1.54) is 29.5 Å². The van der Waals surface area contributed by atoms with E-state index in [0.29, 0.717) is 10.2 Å². The first-order chi connectivity index (χ1) is 13.0. The van der Waals surface area contributed by atoms with Crippen molar-refractivity contribution in [2.75, 3.05) is 0 Å². The van der Waals surface area contributed by atoms with Gasteiger partial charge in [-0.1, -0.05) is 12.1 Å². The summed E-state index contributed by atoms with van der Waals surface area (Å²) < 4.78 is 18.7. The van der Waals surface area contributed by atoms with Gasteiger partial charge in [-0.25, -0.2) is 14.2 Å². The van der Waals surface area contributed by atoms with Crippen LogP contribution in [0.25, 0.3) is 20.7 Å². The third-order valence-electron chi connectivity index (χ3n) is 3.93. The number of fused-ring (bicyclic) bond motifs is 1. The topological polar surface area (TPSA) is 72.0 Å². The van der Waals surface area contributed by atoms with Crippen LogP contribution in [0.5, 0.6) is 0 Å². The average molecular weight is 400 g/mol. The van der Waals surface area contributed by atoms with Gasteiger partial charge < -0.3 is 9.72 Å². The van der Waals surface area contributed by atoms with E-state index in [0.717, 1.165) is 15.3 Å². The summed E-state index contributed by atoms with van der Waals surface area (Å²) >= 11 is 2.96. The van der Waals surface area contributed by atoms with E-state index in [9.17, 15) is 14.0 Å². The van der Waals surface area contributed by atoms with Gasteiger partial charge in [-0.3, -0.25) is 4.79 Å². The highest BCUT2D eigenvalue weighted by Crippen LogP contribution is 2.34. The number of benzene rings is 1. The molecule has 5 nitrogen and oxygen atoms in total. The van der Waals surface area contributed by atoms with E-state index >= 15 is 0 Å². The lowest BCUT2D eigenvalue weighted by Gasteiger charge is -2.05. The van der Waals surface area contributed by atoms with Crippen molar-refractivity contribution in [2.45, 2.75) is 13.5 Å². The predicted molar refractivity (Wildman–Crippen MR) is 104 cm³/mol. The first-order valence-electron chi connectivity index (χ1n) is 8.02. The van der Waals surface area contributed by atoms with Crippen LogP contribution in [0, 0.1) is 12.7 Å². The van der Waals surface area contributed by atoms with Gasteiger partial charge >= 0.3 is 5.97 Å². The number of ether oxygens (including phenoxy) is 1. The number of esters is 1. The normalized spacial score (nSPS) is 11.0. The second kappa shape index (κ2) is 7.05. The summed E-state index contributed by atoms with van der Waals surface area (Å²) in [5.74, 6) is -1.25. The number of nitrogens with zero attached hydrogens (tertiary/aromatic N) is 1. The van der Waals surface area contributed by atoms with Crippen LogP contribution in [0.3, 0.4) is 0 Å². The molecule has 1 aromatic carbocycles. The molecule has 4 rings (SSSR count). The molecule has 0 spiro atoms. The Labute approximate surface area is 161 Å². The van der Waals surface area contributed by atoms with Crippen LogP contribution in [0.15, 0.2) is 46.6 Å². The van der Waals surface area contributed by atoms with Gasteiger partial charge in [0.05, 0.1) is 10.9 Å². The van der Waals surface area contributed by atoms with Gasteiger partial charge in [0.2, 0.25) is 0 Å². The summed E-state index contributed by atoms with van der Waals surface area (Å²) in [5.41, 5.74) is 0.392. The highest BCUT2D eigenvalue weighted by atomic mass is 32.1. The number of aromatic nitrogens is 2. The molecule has 27 heavy (non-hydrogen) atoms. The number of halogens is 1. The van der Waals surface area contributed by atoms with Crippen molar-refractivity contribution >= 4 is 38.9 Å². The number of aromatic amines is 1. The van der Waals surface area contributed by atoms with Crippen molar-refractivity contribution in [3.8, 4) is 10.4 Å². The Morgan fingerprint density at radius 1 is 1.26 bits per heavy atom. The van der Waals surface area contributed by atoms with E-state index in [1.54, 1.807) is 17.4 Å². The molecule has 136 valence electrons. The summed E-state index contributed by atoms with van der Waals surface area (Å²) in [7, 11) is 0. The number of H-pyrrole nitrogens is 1. The van der Waals surface area contributed by atoms with E-state index in [2.05, 4.69) is 9.97 Å². The van der Waals surface area contributed by atoms with E-state index in [4.69, 9.17) is 4.74 Å². The Morgan fingerprint density at radius 3 is 2.81 bits per heavy atom. The molecule has 0 fully saturated rings. The summed E-state index contributed by atoms with van der Waals surface area (Å²) in [5, 5.41) is 2.42. The Balaban J connectivity index is 1.60. The molecular weight excluding hydrogens is 387 g/mol. The molecule has 0 bridgehead atoms. The lowest BCUT2D eigenvalue weighted by atomic mass is 10.2. The maximum absolute atomic E-state index is 13.6. The molecule has 8 heteroatoms. The van der Waals surface area contributed by atoms with Crippen LogP contribution in [-0.4, -0.2) is 15.9 Å². The first kappa shape index (κ1) is 17.6. The number of carbonyl (C=O) groups is 1. The van der Waals surface area contributed by atoms with Crippen molar-refractivity contribution in [3.05, 3.63) is 74.2 Å². The molecule has 3 aromatic heterocycles. The average Bonchev–Trinajstić information content (AvgIpc) is 3.26. The minimum atomic E-state index is -0.809. The van der Waals surface area contributed by atoms with Crippen molar-refractivity contribution in [2.24, 2.45) is 0 Å². The highest BCUT2D eigenvalue weighted by molar-refractivity contribution is 7.19. The van der Waals surface area contributed by atoms with Gasteiger partial charge in [0.15, 0.2) is 0 Å². The molecule has 1 N–H and O–H groups in total. The van der Waals surface area contributed by atoms with Crippen molar-refractivity contribution in [3.63, 3.8) is 0 Å². The number of rotatable bonds is 4. The maximum Gasteiger partial charge on any atom is 0.341 e. The number of nitrogens with one attached hydrogen (secondary N) is 1. The molecule has 0 radical (unpaired) electrons. The second-order valence-electron chi connectivity index (χ2n) is 5.81. The second-order valence-corrected chi connectivity index (χ2v) is 7.95. The molecule has 0 amide bonds. The minimum absolute atomic E-state index is 0.160. The van der Waals surface area contributed by atoms with Crippen LogP contribution in [0.4, 0.5) is 4.39 Å². The van der Waals surface area contributed by atoms with Crippen molar-refractivity contribution < 1.29 is 13.9 Å². The largest absolute Gasteiger partial charge is 0.454 e. The quantitative estimate of drug-likeness (QED) is 0.511. The SMILES string of the molecule is Cc1ccc(-c2csc3nc(COC(=O)c4ccccc4F)[nH]c(=O)c23)s1. The number of thiophene rings is 2. The summed E-state index contributed by atoms with van der Waals surface area (Å²) in [6.45, 7) is 1.76. The van der Waals surface area contributed by atoms with Crippen molar-refractivity contribution in [1.82, 2.24) is 9.97 Å². The zero-order valence-electron chi connectivity index (χ0n) is 14.1. The Bertz CT molecular complexity index is 1210. The molecule has 0 aliphatic rings. The number of aryl methyl sites for hydroxylation is 1. The minimum Gasteiger partial charge on any atom is -0.454 e. The number of hydrogen-bond donors (Lipinski definition) is 1. The number of hydrogen-bond acceptors (Lipinski definition) is 6. The molecule has 4 aromatic rings. The smallest absolute Gasteiger partial charge is 0.341 e. The third kappa shape index (κ3) is 3.41. The fraction of sp³-hybridized carbons (Fsp3) is 0.105. The van der Waals surface area contributed by atoms with E-state index in [1.807, 2.05) is 24.4 Å². The summed E-state index contributed by atoms with van der Waals surface area (Å²) in [6.07, 6.45) is 0. The van der Waals surface area contributed by atoms with E-state index in [-0.39, 0.29) is 23.6 Å². The molecule has 0 saturated carbocycles. The van der Waals surface area contributed by atoms with Crippen LogP contribution in [0.2, 0.25) is 0 Å². The molecule has 0 aliphatic heterocycles. The summed E-state index contributed by atoms with van der Waals surface area (Å²) in [6, 6.07) is 9.54. The standard InChI is InChI=1S/C19H13FN2O3S2/c1-10-6-7-14(27-10)12-9-26-18-16(12)17(23)21-15(22-18)8-25-19(24)11-4-2-3-5-13(11)20/h2-7,9H,8H2,1H3,(H,21,22,23). The fourth-order valence-corrected chi connectivity index (χ4v) is 4.58. The summed E-state index contributed by atoms with van der Waals surface area (Å²) in [4.78, 5) is 34.3. The molecular formula is C19H13FN2O3S2. The van der Waals surface area contributed by atoms with E-state index < -0.39 is 11.8 Å². The van der Waals surface area contributed by atoms with Crippen LogP contribution < -0.4 is 5.56 Å². The molecule has 0 saturated heterocycles. The highest BCUT2D eigenvalue weighted by Gasteiger charge is 2.16. The zero-order chi connectivity index (χ0) is 19.0. The van der Waals surface area contributed by atoms with Gasteiger partial charge in [0, 0.05) is 20.7 Å². The Hall–Kier alpha value is -2.84. The van der Waals surface area contributed by atoms with Gasteiger partial charge in [0.25, 0.3) is 5.56 Å². The van der Waals surface area contributed by atoms with Gasteiger partial charge in [-0.15, -0.1) is 22.7 Å². The van der Waals surface area contributed by atoms with Gasteiger partial charge in [-0.05, 0) is 31.2 Å². The fourth-order valence-electron chi connectivity index (χ4n) is 2.66. The zero-order valence-corrected chi connectivity index (χ0v) is 15.7.